The minimum atomic E-state index is -1.02. The number of carbonyl (C=O) groups excluding carboxylic acids is 1. The Labute approximate surface area is 137 Å². The van der Waals surface area contributed by atoms with Gasteiger partial charge in [-0.05, 0) is 36.6 Å². The summed E-state index contributed by atoms with van der Waals surface area (Å²) in [6.45, 7) is 1.40. The smallest absolute Gasteiger partial charge is 0.328 e. The second kappa shape index (κ2) is 7.55. The molecule has 2 rings (SSSR count). The number of benzene rings is 1. The molecular weight excluding hydrogens is 314 g/mol. The largest absolute Gasteiger partial charge is 0.478 e. The van der Waals surface area contributed by atoms with Gasteiger partial charge in [0, 0.05) is 18.7 Å². The fourth-order valence-corrected chi connectivity index (χ4v) is 2.93. The van der Waals surface area contributed by atoms with E-state index in [-0.39, 0.29) is 5.91 Å². The average molecular weight is 331 g/mol. The Kier molecular flexibility index (Phi) is 5.48. The van der Waals surface area contributed by atoms with Crippen molar-refractivity contribution >= 4 is 40.1 Å². The standard InChI is InChI=1S/C16H17N3O3S/c1-10(20)18-16-19-13(14(23-16)8-9-15(21)22)7-4-11-2-5-12(17)6-3-11/h2-3,5-6,8-9H,4,7,17H2,1H3,(H,21,22)(H,18,19,20)/b9-8+. The fraction of sp³-hybridized carbons (Fsp3) is 0.188. The van der Waals surface area contributed by atoms with Crippen LogP contribution in [-0.4, -0.2) is 22.0 Å². The Morgan fingerprint density at radius 1 is 1.30 bits per heavy atom. The van der Waals surface area contributed by atoms with Crippen LogP contribution in [0.1, 0.15) is 23.1 Å². The molecule has 0 unspecified atom stereocenters. The maximum absolute atomic E-state index is 11.1. The highest BCUT2D eigenvalue weighted by Gasteiger charge is 2.11. The van der Waals surface area contributed by atoms with Crippen molar-refractivity contribution < 1.29 is 14.7 Å². The van der Waals surface area contributed by atoms with Gasteiger partial charge in [0.2, 0.25) is 5.91 Å². The number of thiazole rings is 1. The van der Waals surface area contributed by atoms with Gasteiger partial charge in [-0.3, -0.25) is 4.79 Å². The van der Waals surface area contributed by atoms with Crippen LogP contribution in [0.5, 0.6) is 0 Å². The van der Waals surface area contributed by atoms with Crippen LogP contribution in [0.4, 0.5) is 10.8 Å². The number of amides is 1. The third-order valence-corrected chi connectivity index (χ3v) is 4.00. The molecule has 120 valence electrons. The van der Waals surface area contributed by atoms with Gasteiger partial charge in [0.1, 0.15) is 0 Å². The highest BCUT2D eigenvalue weighted by atomic mass is 32.1. The van der Waals surface area contributed by atoms with Crippen molar-refractivity contribution in [3.63, 3.8) is 0 Å². The lowest BCUT2D eigenvalue weighted by Gasteiger charge is -2.01. The van der Waals surface area contributed by atoms with Crippen molar-refractivity contribution in [3.8, 4) is 0 Å². The van der Waals surface area contributed by atoms with Crippen LogP contribution in [0.3, 0.4) is 0 Å². The molecule has 1 heterocycles. The molecule has 0 aliphatic carbocycles. The quantitative estimate of drug-likeness (QED) is 0.557. The number of aryl methyl sites for hydroxylation is 2. The Balaban J connectivity index is 2.16. The second-order valence-corrected chi connectivity index (χ2v) is 5.95. The van der Waals surface area contributed by atoms with Crippen molar-refractivity contribution in [1.82, 2.24) is 4.98 Å². The summed E-state index contributed by atoms with van der Waals surface area (Å²) >= 11 is 1.25. The van der Waals surface area contributed by atoms with Crippen molar-refractivity contribution in [2.45, 2.75) is 19.8 Å². The summed E-state index contributed by atoms with van der Waals surface area (Å²) in [6.07, 6.45) is 3.96. The topological polar surface area (TPSA) is 105 Å². The van der Waals surface area contributed by atoms with Gasteiger partial charge in [-0.1, -0.05) is 23.5 Å². The number of hydrogen-bond donors (Lipinski definition) is 3. The summed E-state index contributed by atoms with van der Waals surface area (Å²) in [5.41, 5.74) is 8.24. The van der Waals surface area contributed by atoms with Crippen molar-refractivity contribution in [3.05, 3.63) is 46.5 Å². The van der Waals surface area contributed by atoms with Crippen LogP contribution in [0.25, 0.3) is 6.08 Å². The maximum Gasteiger partial charge on any atom is 0.328 e. The molecule has 0 saturated heterocycles. The van der Waals surface area contributed by atoms with Gasteiger partial charge in [0.05, 0.1) is 10.6 Å². The summed E-state index contributed by atoms with van der Waals surface area (Å²) in [5.74, 6) is -1.23. The molecule has 1 aromatic heterocycles. The molecule has 0 aliphatic heterocycles. The number of nitrogen functional groups attached to an aromatic ring is 1. The molecule has 6 nitrogen and oxygen atoms in total. The van der Waals surface area contributed by atoms with Gasteiger partial charge < -0.3 is 16.2 Å². The third kappa shape index (κ3) is 5.23. The lowest BCUT2D eigenvalue weighted by atomic mass is 10.1. The fourth-order valence-electron chi connectivity index (χ4n) is 1.97. The van der Waals surface area contributed by atoms with Crippen molar-refractivity contribution in [2.75, 3.05) is 11.1 Å². The molecule has 0 aliphatic rings. The Morgan fingerprint density at radius 2 is 2.00 bits per heavy atom. The van der Waals surface area contributed by atoms with Gasteiger partial charge in [-0.15, -0.1) is 0 Å². The molecule has 1 aromatic carbocycles. The van der Waals surface area contributed by atoms with E-state index in [1.165, 1.54) is 24.3 Å². The molecule has 23 heavy (non-hydrogen) atoms. The SMILES string of the molecule is CC(=O)Nc1nc(CCc2ccc(N)cc2)c(/C=C/C(=O)O)s1. The van der Waals surface area contributed by atoms with Crippen LogP contribution in [0, 0.1) is 0 Å². The van der Waals surface area contributed by atoms with E-state index in [9.17, 15) is 9.59 Å². The summed E-state index contributed by atoms with van der Waals surface area (Å²) in [7, 11) is 0. The number of carboxylic acid groups (broad SMARTS) is 1. The molecule has 0 bridgehead atoms. The highest BCUT2D eigenvalue weighted by Crippen LogP contribution is 2.26. The maximum atomic E-state index is 11.1. The van der Waals surface area contributed by atoms with Crippen molar-refractivity contribution in [1.29, 1.82) is 0 Å². The number of nitrogens with one attached hydrogen (secondary N) is 1. The first-order chi connectivity index (χ1) is 10.9. The first-order valence-electron chi connectivity index (χ1n) is 6.97. The molecule has 7 heteroatoms. The second-order valence-electron chi connectivity index (χ2n) is 4.92. The molecule has 0 fully saturated rings. The van der Waals surface area contributed by atoms with Crippen LogP contribution in [-0.2, 0) is 22.4 Å². The van der Waals surface area contributed by atoms with E-state index in [1.807, 2.05) is 24.3 Å². The van der Waals surface area contributed by atoms with Crippen LogP contribution in [0.15, 0.2) is 30.3 Å². The van der Waals surface area contributed by atoms with E-state index in [1.54, 1.807) is 0 Å². The molecule has 1 amide bonds. The zero-order valence-electron chi connectivity index (χ0n) is 12.6. The summed E-state index contributed by atoms with van der Waals surface area (Å²) < 4.78 is 0. The lowest BCUT2D eigenvalue weighted by Crippen LogP contribution is -2.05. The minimum Gasteiger partial charge on any atom is -0.478 e. The number of nitrogens with two attached hydrogens (primary N) is 1. The predicted octanol–water partition coefficient (Wildman–Crippen LogP) is 2.57. The van der Waals surface area contributed by atoms with E-state index in [0.29, 0.717) is 17.2 Å². The summed E-state index contributed by atoms with van der Waals surface area (Å²) in [5, 5.41) is 11.9. The van der Waals surface area contributed by atoms with E-state index in [4.69, 9.17) is 10.8 Å². The number of rotatable bonds is 6. The van der Waals surface area contributed by atoms with Gasteiger partial charge in [0.25, 0.3) is 0 Å². The number of carboxylic acids is 1. The highest BCUT2D eigenvalue weighted by molar-refractivity contribution is 7.16. The summed E-state index contributed by atoms with van der Waals surface area (Å²) in [6, 6.07) is 7.57. The van der Waals surface area contributed by atoms with Crippen LogP contribution in [0.2, 0.25) is 0 Å². The molecule has 0 saturated carbocycles. The van der Waals surface area contributed by atoms with Crippen LogP contribution >= 0.6 is 11.3 Å². The Morgan fingerprint density at radius 3 is 2.61 bits per heavy atom. The number of aliphatic carboxylic acids is 1. The number of nitrogens with zero attached hydrogens (tertiary/aromatic N) is 1. The van der Waals surface area contributed by atoms with E-state index in [2.05, 4.69) is 10.3 Å². The monoisotopic (exact) mass is 331 g/mol. The zero-order valence-corrected chi connectivity index (χ0v) is 13.4. The first-order valence-corrected chi connectivity index (χ1v) is 7.78. The normalized spacial score (nSPS) is 10.8. The zero-order chi connectivity index (χ0) is 16.8. The Bertz CT molecular complexity index is 736. The molecule has 0 spiro atoms. The number of carbonyl (C=O) groups is 2. The molecule has 2 aromatic rings. The van der Waals surface area contributed by atoms with Crippen molar-refractivity contribution in [2.24, 2.45) is 0 Å². The van der Waals surface area contributed by atoms with Crippen LogP contribution < -0.4 is 11.1 Å². The van der Waals surface area contributed by atoms with Gasteiger partial charge in [-0.25, -0.2) is 9.78 Å². The number of aromatic nitrogens is 1. The minimum absolute atomic E-state index is 0.211. The predicted molar refractivity (Wildman–Crippen MR) is 91.3 cm³/mol. The molecule has 0 radical (unpaired) electrons. The van der Waals surface area contributed by atoms with E-state index >= 15 is 0 Å². The number of hydrogen-bond acceptors (Lipinski definition) is 5. The molecular formula is C16H17N3O3S. The third-order valence-electron chi connectivity index (χ3n) is 3.02. The van der Waals surface area contributed by atoms with Gasteiger partial charge in [-0.2, -0.15) is 0 Å². The van der Waals surface area contributed by atoms with Gasteiger partial charge in [0.15, 0.2) is 5.13 Å². The van der Waals surface area contributed by atoms with E-state index < -0.39 is 5.97 Å². The Hall–Kier alpha value is -2.67. The number of anilines is 2. The van der Waals surface area contributed by atoms with E-state index in [0.717, 1.165) is 28.6 Å². The first kappa shape index (κ1) is 16.7. The summed E-state index contributed by atoms with van der Waals surface area (Å²) in [4.78, 5) is 26.9. The molecule has 4 N–H and O–H groups in total. The van der Waals surface area contributed by atoms with Gasteiger partial charge >= 0.3 is 5.97 Å². The molecule has 0 atom stereocenters. The average Bonchev–Trinajstić information content (AvgIpc) is 2.85. The lowest BCUT2D eigenvalue weighted by molar-refractivity contribution is -0.131.